The van der Waals surface area contributed by atoms with Crippen molar-refractivity contribution in [3.05, 3.63) is 71.4 Å². The Kier molecular flexibility index (Phi) is 6.71. The van der Waals surface area contributed by atoms with Gasteiger partial charge in [0.2, 0.25) is 0 Å². The largest absolute Gasteiger partial charge is 0.496 e. The first-order chi connectivity index (χ1) is 13.6. The summed E-state index contributed by atoms with van der Waals surface area (Å²) in [7, 11) is 1.54. The fraction of sp³-hybridized carbons (Fsp3) is 0.273. The van der Waals surface area contributed by atoms with Crippen molar-refractivity contribution in [1.82, 2.24) is 10.2 Å². The third-order valence-corrected chi connectivity index (χ3v) is 5.09. The lowest BCUT2D eigenvalue weighted by atomic mass is 10.1. The maximum Gasteiger partial charge on any atom is 0.271 e. The van der Waals surface area contributed by atoms with Crippen LogP contribution in [0.4, 0.5) is 0 Å². The van der Waals surface area contributed by atoms with E-state index >= 15 is 0 Å². The molecule has 1 N–H and O–H groups in total. The summed E-state index contributed by atoms with van der Waals surface area (Å²) >= 11 is 6.64. The van der Waals surface area contributed by atoms with Crippen molar-refractivity contribution in [3.8, 4) is 5.75 Å². The van der Waals surface area contributed by atoms with E-state index in [2.05, 4.69) is 5.32 Å². The van der Waals surface area contributed by atoms with Gasteiger partial charge in [-0.2, -0.15) is 0 Å². The van der Waals surface area contributed by atoms with Crippen molar-refractivity contribution in [2.45, 2.75) is 19.3 Å². The van der Waals surface area contributed by atoms with E-state index < -0.39 is 0 Å². The van der Waals surface area contributed by atoms with Crippen LogP contribution in [0.1, 0.15) is 35.2 Å². The van der Waals surface area contributed by atoms with Crippen molar-refractivity contribution in [1.29, 1.82) is 0 Å². The molecule has 1 aliphatic rings. The van der Waals surface area contributed by atoms with Gasteiger partial charge in [0.25, 0.3) is 11.8 Å². The topological polar surface area (TPSA) is 58.6 Å². The molecule has 0 unspecified atom stereocenters. The van der Waals surface area contributed by atoms with Crippen LogP contribution in [0.5, 0.6) is 5.75 Å². The van der Waals surface area contributed by atoms with Crippen LogP contribution < -0.4 is 10.1 Å². The molecule has 0 radical (unpaired) electrons. The zero-order valence-electron chi connectivity index (χ0n) is 15.8. The summed E-state index contributed by atoms with van der Waals surface area (Å²) in [6.07, 6.45) is 2.98. The smallest absolute Gasteiger partial charge is 0.271 e. The van der Waals surface area contributed by atoms with Crippen LogP contribution in [0.15, 0.2) is 60.3 Å². The molecule has 3 rings (SSSR count). The number of benzene rings is 2. The molecule has 28 heavy (non-hydrogen) atoms. The molecular formula is C22H23ClN2O3. The fourth-order valence-corrected chi connectivity index (χ4v) is 3.48. The summed E-state index contributed by atoms with van der Waals surface area (Å²) in [5.74, 6) is -0.126. The van der Waals surface area contributed by atoms with Gasteiger partial charge in [0.15, 0.2) is 0 Å². The molecule has 0 aromatic heterocycles. The summed E-state index contributed by atoms with van der Waals surface area (Å²) in [6, 6.07) is 15.9. The monoisotopic (exact) mass is 398 g/mol. The van der Waals surface area contributed by atoms with Gasteiger partial charge in [0.05, 0.1) is 12.1 Å². The van der Waals surface area contributed by atoms with Crippen LogP contribution >= 0.6 is 11.6 Å². The number of hydrogen-bond acceptors (Lipinski definition) is 3. The van der Waals surface area contributed by atoms with E-state index in [0.29, 0.717) is 30.0 Å². The second-order valence-corrected chi connectivity index (χ2v) is 6.94. The minimum absolute atomic E-state index is 0.0712. The Morgan fingerprint density at radius 1 is 0.964 bits per heavy atom. The lowest BCUT2D eigenvalue weighted by molar-refractivity contribution is -0.128. The molecule has 0 saturated carbocycles. The van der Waals surface area contributed by atoms with Crippen molar-refractivity contribution in [3.63, 3.8) is 0 Å². The van der Waals surface area contributed by atoms with Crippen LogP contribution in [0.2, 0.25) is 0 Å². The lowest BCUT2D eigenvalue weighted by Gasteiger charge is -2.28. The van der Waals surface area contributed by atoms with Gasteiger partial charge in [-0.05, 0) is 43.5 Å². The van der Waals surface area contributed by atoms with Crippen LogP contribution in [-0.4, -0.2) is 36.9 Å². The number of likely N-dealkylation sites (tertiary alicyclic amines) is 1. The van der Waals surface area contributed by atoms with E-state index in [1.165, 1.54) is 7.11 Å². The molecular weight excluding hydrogens is 376 g/mol. The highest BCUT2D eigenvalue weighted by Gasteiger charge is 2.26. The highest BCUT2D eigenvalue weighted by Crippen LogP contribution is 2.31. The number of nitrogens with one attached hydrogen (secondary N) is 1. The minimum atomic E-state index is -0.381. The van der Waals surface area contributed by atoms with Crippen LogP contribution in [-0.2, 0) is 4.79 Å². The van der Waals surface area contributed by atoms with Gasteiger partial charge in [-0.1, -0.05) is 41.9 Å². The van der Waals surface area contributed by atoms with Gasteiger partial charge in [-0.15, -0.1) is 0 Å². The molecule has 1 aliphatic heterocycles. The minimum Gasteiger partial charge on any atom is -0.496 e. The van der Waals surface area contributed by atoms with Gasteiger partial charge in [-0.25, -0.2) is 0 Å². The van der Waals surface area contributed by atoms with E-state index in [1.807, 2.05) is 18.2 Å². The van der Waals surface area contributed by atoms with Gasteiger partial charge in [-0.3, -0.25) is 9.59 Å². The molecule has 0 aliphatic carbocycles. The van der Waals surface area contributed by atoms with Crippen LogP contribution in [0.3, 0.4) is 0 Å². The Balaban J connectivity index is 2.00. The molecule has 2 amide bonds. The van der Waals surface area contributed by atoms with Gasteiger partial charge >= 0.3 is 0 Å². The molecule has 1 saturated heterocycles. The number of methoxy groups -OCH3 is 1. The van der Waals surface area contributed by atoms with Crippen molar-refractivity contribution in [2.24, 2.45) is 0 Å². The summed E-state index contributed by atoms with van der Waals surface area (Å²) in [5, 5.41) is 2.91. The molecule has 0 spiro atoms. The van der Waals surface area contributed by atoms with E-state index in [0.717, 1.165) is 19.3 Å². The maximum atomic E-state index is 13.2. The number of halogens is 1. The number of hydrogen-bond donors (Lipinski definition) is 1. The number of nitrogens with zero attached hydrogens (tertiary/aromatic N) is 1. The first-order valence-electron chi connectivity index (χ1n) is 9.30. The van der Waals surface area contributed by atoms with Gasteiger partial charge < -0.3 is 15.0 Å². The van der Waals surface area contributed by atoms with Crippen LogP contribution in [0, 0.1) is 0 Å². The highest BCUT2D eigenvalue weighted by atomic mass is 35.5. The number of piperidine rings is 1. The number of rotatable bonds is 5. The number of carbonyl (C=O) groups is 2. The molecule has 146 valence electrons. The second kappa shape index (κ2) is 9.42. The first-order valence-corrected chi connectivity index (χ1v) is 9.68. The van der Waals surface area contributed by atoms with E-state index in [1.54, 1.807) is 41.3 Å². The summed E-state index contributed by atoms with van der Waals surface area (Å²) < 4.78 is 5.38. The first kappa shape index (κ1) is 20.0. The fourth-order valence-electron chi connectivity index (χ4n) is 3.19. The highest BCUT2D eigenvalue weighted by molar-refractivity contribution is 6.51. The lowest BCUT2D eigenvalue weighted by Crippen LogP contribution is -2.41. The summed E-state index contributed by atoms with van der Waals surface area (Å²) in [5.41, 5.74) is 1.08. The van der Waals surface area contributed by atoms with E-state index in [-0.39, 0.29) is 22.5 Å². The number of carbonyl (C=O) groups excluding carboxylic acids is 2. The van der Waals surface area contributed by atoms with E-state index in [9.17, 15) is 9.59 Å². The van der Waals surface area contributed by atoms with Crippen LogP contribution in [0.25, 0.3) is 5.03 Å². The predicted molar refractivity (Wildman–Crippen MR) is 110 cm³/mol. The zero-order chi connectivity index (χ0) is 19.9. The maximum absolute atomic E-state index is 13.2. The second-order valence-electron chi connectivity index (χ2n) is 6.56. The average molecular weight is 399 g/mol. The van der Waals surface area contributed by atoms with E-state index in [4.69, 9.17) is 16.3 Å². The quantitative estimate of drug-likeness (QED) is 0.773. The van der Waals surface area contributed by atoms with Gasteiger partial charge in [0, 0.05) is 24.2 Å². The Morgan fingerprint density at radius 3 is 2.29 bits per heavy atom. The molecule has 2 aromatic rings. The Labute approximate surface area is 169 Å². The molecule has 1 fully saturated rings. The van der Waals surface area contributed by atoms with Crippen molar-refractivity contribution in [2.75, 3.05) is 20.2 Å². The third kappa shape index (κ3) is 4.54. The van der Waals surface area contributed by atoms with Crippen molar-refractivity contribution < 1.29 is 14.3 Å². The predicted octanol–water partition coefficient (Wildman–Crippen LogP) is 4.05. The molecule has 2 aromatic carbocycles. The Morgan fingerprint density at radius 2 is 1.61 bits per heavy atom. The third-order valence-electron chi connectivity index (χ3n) is 4.69. The summed E-state index contributed by atoms with van der Waals surface area (Å²) in [6.45, 7) is 1.30. The number of para-hydroxylation sites is 1. The van der Waals surface area contributed by atoms with Gasteiger partial charge in [0.1, 0.15) is 11.4 Å². The zero-order valence-corrected chi connectivity index (χ0v) is 16.5. The Hall–Kier alpha value is -2.79. The van der Waals surface area contributed by atoms with Crippen molar-refractivity contribution >= 4 is 28.4 Å². The SMILES string of the molecule is COc1ccccc1/C(Cl)=C(/NC(=O)c1ccccc1)C(=O)N1CCCCC1. The molecule has 5 nitrogen and oxygen atoms in total. The average Bonchev–Trinajstić information content (AvgIpc) is 2.77. The number of amides is 2. The number of ether oxygens (including phenoxy) is 1. The molecule has 6 heteroatoms. The normalized spacial score (nSPS) is 14.9. The molecule has 0 bridgehead atoms. The summed E-state index contributed by atoms with van der Waals surface area (Å²) in [4.78, 5) is 27.7. The Bertz CT molecular complexity index is 874. The molecule has 1 heterocycles. The molecule has 0 atom stereocenters. The standard InChI is InChI=1S/C22H23ClN2O3/c1-28-18-13-7-6-12-17(18)19(23)20(22(27)25-14-8-3-9-15-25)24-21(26)16-10-4-2-5-11-16/h2,4-7,10-13H,3,8-9,14-15H2,1H3,(H,24,26)/b20-19-.